The average Bonchev–Trinajstić information content (AvgIpc) is 2.74. The molecule has 1 aromatic rings. The van der Waals surface area contributed by atoms with Gasteiger partial charge < -0.3 is 15.6 Å². The zero-order valence-corrected chi connectivity index (χ0v) is 9.94. The number of rotatable bonds is 3. The van der Waals surface area contributed by atoms with Crippen molar-refractivity contribution in [2.24, 2.45) is 5.84 Å². The SMILES string of the molecule is CN1CCC(NC(=O)c2ccccc2NN)C1. The summed E-state index contributed by atoms with van der Waals surface area (Å²) >= 11 is 0. The van der Waals surface area contributed by atoms with Gasteiger partial charge in [0.15, 0.2) is 0 Å². The highest BCUT2D eigenvalue weighted by atomic mass is 16.1. The first-order valence-corrected chi connectivity index (χ1v) is 5.75. The number of amides is 1. The molecular weight excluding hydrogens is 216 g/mol. The largest absolute Gasteiger partial charge is 0.348 e. The van der Waals surface area contributed by atoms with E-state index in [1.165, 1.54) is 0 Å². The Morgan fingerprint density at radius 2 is 2.24 bits per heavy atom. The standard InChI is InChI=1S/C12H18N4O/c1-16-7-6-9(8-16)14-12(17)10-4-2-3-5-11(10)15-13/h2-5,9,15H,6-8,13H2,1H3,(H,14,17). The minimum atomic E-state index is -0.0705. The summed E-state index contributed by atoms with van der Waals surface area (Å²) < 4.78 is 0. The van der Waals surface area contributed by atoms with Crippen LogP contribution in [0.15, 0.2) is 24.3 Å². The molecule has 1 amide bonds. The Labute approximate surface area is 101 Å². The van der Waals surface area contributed by atoms with Crippen LogP contribution < -0.4 is 16.6 Å². The molecule has 5 nitrogen and oxygen atoms in total. The van der Waals surface area contributed by atoms with Gasteiger partial charge in [0.2, 0.25) is 0 Å². The molecule has 4 N–H and O–H groups in total. The molecule has 5 heteroatoms. The number of nitrogen functional groups attached to an aromatic ring is 1. The van der Waals surface area contributed by atoms with Gasteiger partial charge in [-0.25, -0.2) is 0 Å². The minimum absolute atomic E-state index is 0.0705. The van der Waals surface area contributed by atoms with E-state index < -0.39 is 0 Å². The molecule has 1 aromatic carbocycles. The van der Waals surface area contributed by atoms with E-state index in [2.05, 4.69) is 22.7 Å². The smallest absolute Gasteiger partial charge is 0.253 e. The van der Waals surface area contributed by atoms with E-state index in [1.54, 1.807) is 12.1 Å². The van der Waals surface area contributed by atoms with Crippen molar-refractivity contribution in [3.63, 3.8) is 0 Å². The second-order valence-electron chi connectivity index (χ2n) is 4.41. The molecule has 1 fully saturated rings. The number of nitrogens with two attached hydrogens (primary N) is 1. The molecular formula is C12H18N4O. The number of nitrogens with zero attached hydrogens (tertiary/aromatic N) is 1. The van der Waals surface area contributed by atoms with E-state index in [0.717, 1.165) is 19.5 Å². The number of likely N-dealkylation sites (tertiary alicyclic amines) is 1. The van der Waals surface area contributed by atoms with E-state index in [1.807, 2.05) is 12.1 Å². The van der Waals surface area contributed by atoms with Crippen LogP contribution >= 0.6 is 0 Å². The number of para-hydroxylation sites is 1. The number of anilines is 1. The molecule has 0 saturated carbocycles. The van der Waals surface area contributed by atoms with Gasteiger partial charge in [0.25, 0.3) is 5.91 Å². The van der Waals surface area contributed by atoms with E-state index in [9.17, 15) is 4.79 Å². The van der Waals surface area contributed by atoms with Crippen molar-refractivity contribution in [2.75, 3.05) is 25.6 Å². The number of likely N-dealkylation sites (N-methyl/N-ethyl adjacent to an activating group) is 1. The summed E-state index contributed by atoms with van der Waals surface area (Å²) in [6, 6.07) is 7.46. The fourth-order valence-electron chi connectivity index (χ4n) is 2.12. The van der Waals surface area contributed by atoms with E-state index in [0.29, 0.717) is 11.3 Å². The van der Waals surface area contributed by atoms with E-state index in [4.69, 9.17) is 5.84 Å². The lowest BCUT2D eigenvalue weighted by molar-refractivity contribution is 0.0939. The maximum absolute atomic E-state index is 12.1. The van der Waals surface area contributed by atoms with Gasteiger partial charge >= 0.3 is 0 Å². The third kappa shape index (κ3) is 2.75. The molecule has 1 unspecified atom stereocenters. The molecule has 1 aliphatic rings. The van der Waals surface area contributed by atoms with Crippen LogP contribution in [0.4, 0.5) is 5.69 Å². The second-order valence-corrected chi connectivity index (χ2v) is 4.41. The summed E-state index contributed by atoms with van der Waals surface area (Å²) in [4.78, 5) is 14.3. The third-order valence-corrected chi connectivity index (χ3v) is 3.05. The molecule has 1 heterocycles. The summed E-state index contributed by atoms with van der Waals surface area (Å²) in [5.74, 6) is 5.31. The number of carbonyl (C=O) groups is 1. The van der Waals surface area contributed by atoms with Crippen molar-refractivity contribution >= 4 is 11.6 Å². The highest BCUT2D eigenvalue weighted by molar-refractivity contribution is 5.99. The number of hydrogen-bond donors (Lipinski definition) is 3. The Morgan fingerprint density at radius 3 is 2.88 bits per heavy atom. The van der Waals surface area contributed by atoms with Crippen molar-refractivity contribution in [1.82, 2.24) is 10.2 Å². The predicted octanol–water partition coefficient (Wildman–Crippen LogP) is 0.406. The summed E-state index contributed by atoms with van der Waals surface area (Å²) in [6.45, 7) is 1.94. The van der Waals surface area contributed by atoms with Crippen LogP contribution in [0.25, 0.3) is 0 Å². The Bertz CT molecular complexity index is 407. The number of benzene rings is 1. The third-order valence-electron chi connectivity index (χ3n) is 3.05. The summed E-state index contributed by atoms with van der Waals surface area (Å²) in [7, 11) is 2.06. The lowest BCUT2D eigenvalue weighted by Crippen LogP contribution is -2.36. The van der Waals surface area contributed by atoms with Gasteiger partial charge in [-0.15, -0.1) is 0 Å². The van der Waals surface area contributed by atoms with Crippen molar-refractivity contribution in [3.8, 4) is 0 Å². The van der Waals surface area contributed by atoms with Gasteiger partial charge in [-0.05, 0) is 32.1 Å². The average molecular weight is 234 g/mol. The second kappa shape index (κ2) is 5.16. The van der Waals surface area contributed by atoms with Crippen LogP contribution in [0.5, 0.6) is 0 Å². The van der Waals surface area contributed by atoms with Crippen LogP contribution in [0, 0.1) is 0 Å². The Balaban J connectivity index is 2.04. The molecule has 0 aromatic heterocycles. The highest BCUT2D eigenvalue weighted by Gasteiger charge is 2.22. The fourth-order valence-corrected chi connectivity index (χ4v) is 2.12. The van der Waals surface area contributed by atoms with E-state index >= 15 is 0 Å². The van der Waals surface area contributed by atoms with Crippen LogP contribution in [-0.2, 0) is 0 Å². The first-order chi connectivity index (χ1) is 8.20. The minimum Gasteiger partial charge on any atom is -0.348 e. The number of hydrogen-bond acceptors (Lipinski definition) is 4. The summed E-state index contributed by atoms with van der Waals surface area (Å²) in [5, 5.41) is 3.02. The Morgan fingerprint density at radius 1 is 1.47 bits per heavy atom. The molecule has 0 aliphatic carbocycles. The summed E-state index contributed by atoms with van der Waals surface area (Å²) in [6.07, 6.45) is 1.00. The molecule has 2 rings (SSSR count). The highest BCUT2D eigenvalue weighted by Crippen LogP contribution is 2.14. The first kappa shape index (κ1) is 11.9. The van der Waals surface area contributed by atoms with Crippen LogP contribution in [0.1, 0.15) is 16.8 Å². The summed E-state index contributed by atoms with van der Waals surface area (Å²) in [5.41, 5.74) is 3.78. The Hall–Kier alpha value is -1.59. The van der Waals surface area contributed by atoms with Gasteiger partial charge in [-0.2, -0.15) is 0 Å². The molecule has 92 valence electrons. The number of carbonyl (C=O) groups excluding carboxylic acids is 1. The molecule has 1 saturated heterocycles. The quantitative estimate of drug-likeness (QED) is 0.523. The topological polar surface area (TPSA) is 70.4 Å². The molecule has 0 bridgehead atoms. The van der Waals surface area contributed by atoms with Crippen molar-refractivity contribution < 1.29 is 4.79 Å². The molecule has 1 aliphatic heterocycles. The lowest BCUT2D eigenvalue weighted by Gasteiger charge is -2.14. The van der Waals surface area contributed by atoms with Gasteiger partial charge in [0, 0.05) is 12.6 Å². The lowest BCUT2D eigenvalue weighted by atomic mass is 10.1. The number of hydrazine groups is 1. The van der Waals surface area contributed by atoms with Gasteiger partial charge in [-0.1, -0.05) is 12.1 Å². The van der Waals surface area contributed by atoms with Crippen molar-refractivity contribution in [3.05, 3.63) is 29.8 Å². The maximum Gasteiger partial charge on any atom is 0.253 e. The van der Waals surface area contributed by atoms with Crippen molar-refractivity contribution in [2.45, 2.75) is 12.5 Å². The van der Waals surface area contributed by atoms with Crippen LogP contribution in [0.2, 0.25) is 0 Å². The normalized spacial score (nSPS) is 20.2. The first-order valence-electron chi connectivity index (χ1n) is 5.75. The van der Waals surface area contributed by atoms with Crippen LogP contribution in [0.3, 0.4) is 0 Å². The molecule has 0 spiro atoms. The fraction of sp³-hybridized carbons (Fsp3) is 0.417. The van der Waals surface area contributed by atoms with Crippen molar-refractivity contribution in [1.29, 1.82) is 0 Å². The zero-order chi connectivity index (χ0) is 12.3. The van der Waals surface area contributed by atoms with Gasteiger partial charge in [0.1, 0.15) is 0 Å². The van der Waals surface area contributed by atoms with Gasteiger partial charge in [0.05, 0.1) is 11.3 Å². The Kier molecular flexibility index (Phi) is 3.61. The van der Waals surface area contributed by atoms with Gasteiger partial charge in [-0.3, -0.25) is 10.6 Å². The monoisotopic (exact) mass is 234 g/mol. The number of nitrogens with one attached hydrogen (secondary N) is 2. The molecule has 0 radical (unpaired) electrons. The maximum atomic E-state index is 12.1. The zero-order valence-electron chi connectivity index (χ0n) is 9.94. The predicted molar refractivity (Wildman–Crippen MR) is 67.6 cm³/mol. The molecule has 17 heavy (non-hydrogen) atoms. The van der Waals surface area contributed by atoms with Crippen LogP contribution in [-0.4, -0.2) is 37.0 Å². The van der Waals surface area contributed by atoms with E-state index in [-0.39, 0.29) is 11.9 Å². The molecule has 1 atom stereocenters.